The first-order valence-corrected chi connectivity index (χ1v) is 7.64. The molecule has 0 atom stereocenters. The molecule has 0 spiro atoms. The van der Waals surface area contributed by atoms with Gasteiger partial charge in [-0.15, -0.1) is 0 Å². The van der Waals surface area contributed by atoms with Gasteiger partial charge in [-0.1, -0.05) is 18.2 Å². The van der Waals surface area contributed by atoms with E-state index in [2.05, 4.69) is 5.10 Å². The van der Waals surface area contributed by atoms with Crippen molar-refractivity contribution in [2.45, 2.75) is 6.92 Å². The van der Waals surface area contributed by atoms with E-state index in [0.717, 1.165) is 28.4 Å². The fourth-order valence-electron chi connectivity index (χ4n) is 2.76. The second-order valence-corrected chi connectivity index (χ2v) is 5.41. The Bertz CT molecular complexity index is 856. The lowest BCUT2D eigenvalue weighted by atomic mass is 10.1. The highest BCUT2D eigenvalue weighted by molar-refractivity contribution is 5.99. The molecule has 0 bridgehead atoms. The van der Waals surface area contributed by atoms with Gasteiger partial charge in [0.1, 0.15) is 5.75 Å². The molecule has 0 aliphatic heterocycles. The summed E-state index contributed by atoms with van der Waals surface area (Å²) in [6, 6.07) is 17.2. The topological polar surface area (TPSA) is 47.4 Å². The zero-order chi connectivity index (χ0) is 17.1. The molecule has 0 saturated heterocycles. The first-order valence-electron chi connectivity index (χ1n) is 7.64. The van der Waals surface area contributed by atoms with Crippen LogP contribution < -0.4 is 9.64 Å². The van der Waals surface area contributed by atoms with Crippen LogP contribution in [0, 0.1) is 0 Å². The second kappa shape index (κ2) is 6.58. The standard InChI is InChI=1S/C19H19N3O2/c1-14(23)22(15-7-5-4-6-8-15)16-9-10-19(24-3)17(13-16)18-11-12-20-21(18)2/h4-13H,1-3H3. The number of carbonyl (C=O) groups is 1. The molecule has 0 N–H and O–H groups in total. The number of amides is 1. The Morgan fingerprint density at radius 3 is 2.42 bits per heavy atom. The highest BCUT2D eigenvalue weighted by atomic mass is 16.5. The summed E-state index contributed by atoms with van der Waals surface area (Å²) < 4.78 is 7.26. The molecule has 5 heteroatoms. The lowest BCUT2D eigenvalue weighted by Gasteiger charge is -2.22. The minimum absolute atomic E-state index is 0.0534. The fraction of sp³-hybridized carbons (Fsp3) is 0.158. The third-order valence-corrected chi connectivity index (χ3v) is 3.87. The van der Waals surface area contributed by atoms with Crippen LogP contribution in [0.5, 0.6) is 5.75 Å². The maximum atomic E-state index is 12.2. The van der Waals surface area contributed by atoms with Gasteiger partial charge in [-0.05, 0) is 36.4 Å². The third kappa shape index (κ3) is 2.88. The number of aryl methyl sites for hydroxylation is 1. The maximum Gasteiger partial charge on any atom is 0.228 e. The maximum absolute atomic E-state index is 12.2. The smallest absolute Gasteiger partial charge is 0.228 e. The van der Waals surface area contributed by atoms with Gasteiger partial charge >= 0.3 is 0 Å². The summed E-state index contributed by atoms with van der Waals surface area (Å²) in [5.41, 5.74) is 3.42. The minimum atomic E-state index is -0.0534. The average molecular weight is 321 g/mol. The Morgan fingerprint density at radius 2 is 1.83 bits per heavy atom. The number of methoxy groups -OCH3 is 1. The van der Waals surface area contributed by atoms with E-state index in [4.69, 9.17) is 4.74 Å². The Labute approximate surface area is 141 Å². The molecule has 5 nitrogen and oxygen atoms in total. The number of ether oxygens (including phenoxy) is 1. The van der Waals surface area contributed by atoms with Gasteiger partial charge in [-0.25, -0.2) is 0 Å². The summed E-state index contributed by atoms with van der Waals surface area (Å²) in [6.07, 6.45) is 1.74. The van der Waals surface area contributed by atoms with Gasteiger partial charge in [0.2, 0.25) is 5.91 Å². The van der Waals surface area contributed by atoms with Gasteiger partial charge in [-0.2, -0.15) is 5.10 Å². The molecule has 3 aromatic rings. The van der Waals surface area contributed by atoms with Crippen LogP contribution in [-0.4, -0.2) is 22.8 Å². The Balaban J connectivity index is 2.14. The summed E-state index contributed by atoms with van der Waals surface area (Å²) in [7, 11) is 3.51. The van der Waals surface area contributed by atoms with Crippen LogP contribution in [-0.2, 0) is 11.8 Å². The molecule has 3 rings (SSSR count). The van der Waals surface area contributed by atoms with Crippen LogP contribution in [0.4, 0.5) is 11.4 Å². The molecule has 1 amide bonds. The highest BCUT2D eigenvalue weighted by Crippen LogP contribution is 2.35. The molecule has 0 unspecified atom stereocenters. The summed E-state index contributed by atoms with van der Waals surface area (Å²) >= 11 is 0. The van der Waals surface area contributed by atoms with Gasteiger partial charge in [0.05, 0.1) is 12.8 Å². The lowest BCUT2D eigenvalue weighted by molar-refractivity contribution is -0.115. The summed E-state index contributed by atoms with van der Waals surface area (Å²) in [5, 5.41) is 4.22. The molecule has 1 heterocycles. The number of carbonyl (C=O) groups excluding carboxylic acids is 1. The van der Waals surface area contributed by atoms with Crippen LogP contribution in [0.15, 0.2) is 60.8 Å². The van der Waals surface area contributed by atoms with Crippen molar-refractivity contribution in [2.24, 2.45) is 7.05 Å². The van der Waals surface area contributed by atoms with Gasteiger partial charge in [0.25, 0.3) is 0 Å². The molecular formula is C19H19N3O2. The number of benzene rings is 2. The lowest BCUT2D eigenvalue weighted by Crippen LogP contribution is -2.22. The van der Waals surface area contributed by atoms with Crippen LogP contribution in [0.25, 0.3) is 11.3 Å². The molecule has 24 heavy (non-hydrogen) atoms. The Hall–Kier alpha value is -3.08. The van der Waals surface area contributed by atoms with Crippen molar-refractivity contribution < 1.29 is 9.53 Å². The van der Waals surface area contributed by atoms with E-state index in [1.807, 2.05) is 61.6 Å². The van der Waals surface area contributed by atoms with Crippen molar-refractivity contribution in [3.05, 3.63) is 60.8 Å². The number of nitrogens with zero attached hydrogens (tertiary/aromatic N) is 3. The summed E-state index contributed by atoms with van der Waals surface area (Å²) in [6.45, 7) is 1.56. The molecule has 0 aliphatic carbocycles. The Kier molecular flexibility index (Phi) is 4.33. The van der Waals surface area contributed by atoms with E-state index in [1.54, 1.807) is 29.8 Å². The zero-order valence-corrected chi connectivity index (χ0v) is 13.9. The monoisotopic (exact) mass is 321 g/mol. The average Bonchev–Trinajstić information content (AvgIpc) is 3.01. The van der Waals surface area contributed by atoms with Crippen molar-refractivity contribution in [3.8, 4) is 17.0 Å². The summed E-state index contributed by atoms with van der Waals surface area (Å²) in [4.78, 5) is 13.9. The zero-order valence-electron chi connectivity index (χ0n) is 13.9. The van der Waals surface area contributed by atoms with E-state index < -0.39 is 0 Å². The van der Waals surface area contributed by atoms with Gasteiger partial charge < -0.3 is 4.74 Å². The van der Waals surface area contributed by atoms with Crippen molar-refractivity contribution in [3.63, 3.8) is 0 Å². The van der Waals surface area contributed by atoms with Gasteiger partial charge in [-0.3, -0.25) is 14.4 Å². The minimum Gasteiger partial charge on any atom is -0.496 e. The molecule has 0 radical (unpaired) electrons. The largest absolute Gasteiger partial charge is 0.496 e. The molecular weight excluding hydrogens is 302 g/mol. The number of aromatic nitrogens is 2. The molecule has 2 aromatic carbocycles. The number of hydrogen-bond donors (Lipinski definition) is 0. The van der Waals surface area contributed by atoms with Crippen molar-refractivity contribution in [1.29, 1.82) is 0 Å². The molecule has 1 aromatic heterocycles. The predicted molar refractivity (Wildman–Crippen MR) is 94.5 cm³/mol. The number of hydrogen-bond acceptors (Lipinski definition) is 3. The first kappa shape index (κ1) is 15.8. The van der Waals surface area contributed by atoms with Crippen LogP contribution in [0.1, 0.15) is 6.92 Å². The SMILES string of the molecule is COc1ccc(N(C(C)=O)c2ccccc2)cc1-c1ccnn1C. The van der Waals surface area contributed by atoms with Crippen molar-refractivity contribution in [1.82, 2.24) is 9.78 Å². The predicted octanol–water partition coefficient (Wildman–Crippen LogP) is 3.78. The number of rotatable bonds is 4. The van der Waals surface area contributed by atoms with Gasteiger partial charge in [0, 0.05) is 37.1 Å². The molecule has 122 valence electrons. The molecule has 0 saturated carbocycles. The van der Waals surface area contributed by atoms with E-state index in [0.29, 0.717) is 0 Å². The fourth-order valence-corrected chi connectivity index (χ4v) is 2.76. The molecule has 0 aliphatic rings. The van der Waals surface area contributed by atoms with Gasteiger partial charge in [0.15, 0.2) is 0 Å². The number of anilines is 2. The van der Waals surface area contributed by atoms with E-state index in [-0.39, 0.29) is 5.91 Å². The first-order chi connectivity index (χ1) is 11.6. The van der Waals surface area contributed by atoms with Crippen molar-refractivity contribution >= 4 is 17.3 Å². The van der Waals surface area contributed by atoms with Crippen molar-refractivity contribution in [2.75, 3.05) is 12.0 Å². The second-order valence-electron chi connectivity index (χ2n) is 5.41. The van der Waals surface area contributed by atoms with E-state index >= 15 is 0 Å². The van der Waals surface area contributed by atoms with Crippen LogP contribution in [0.2, 0.25) is 0 Å². The van der Waals surface area contributed by atoms with Crippen LogP contribution >= 0.6 is 0 Å². The third-order valence-electron chi connectivity index (χ3n) is 3.87. The summed E-state index contributed by atoms with van der Waals surface area (Å²) in [5.74, 6) is 0.682. The quantitative estimate of drug-likeness (QED) is 0.735. The highest BCUT2D eigenvalue weighted by Gasteiger charge is 2.17. The Morgan fingerprint density at radius 1 is 1.08 bits per heavy atom. The normalized spacial score (nSPS) is 10.5. The number of para-hydroxylation sites is 1. The molecule has 0 fully saturated rings. The van der Waals surface area contributed by atoms with E-state index in [9.17, 15) is 4.79 Å². The van der Waals surface area contributed by atoms with E-state index in [1.165, 1.54) is 0 Å². The van der Waals surface area contributed by atoms with Crippen LogP contribution in [0.3, 0.4) is 0 Å².